The van der Waals surface area contributed by atoms with Crippen molar-refractivity contribution < 1.29 is 22.7 Å². The molecule has 10 nitrogen and oxygen atoms in total. The number of ether oxygens (including phenoxy) is 2. The summed E-state index contributed by atoms with van der Waals surface area (Å²) < 4.78 is 38.2. The lowest BCUT2D eigenvalue weighted by Gasteiger charge is -2.24. The maximum atomic E-state index is 13.4. The number of halogens is 1. The number of amides is 1. The topological polar surface area (TPSA) is 113 Å². The molecule has 12 heteroatoms. The van der Waals surface area contributed by atoms with Crippen LogP contribution in [-0.2, 0) is 22.0 Å². The molecule has 3 aromatic rings. The van der Waals surface area contributed by atoms with E-state index in [1.807, 2.05) is 48.0 Å². The second kappa shape index (κ2) is 13.7. The highest BCUT2D eigenvalue weighted by Gasteiger charge is 2.23. The Kier molecular flexibility index (Phi) is 10.8. The van der Waals surface area contributed by atoms with Gasteiger partial charge in [0.25, 0.3) is 5.91 Å². The molecule has 0 aliphatic carbocycles. The van der Waals surface area contributed by atoms with Gasteiger partial charge in [-0.15, -0.1) is 0 Å². The summed E-state index contributed by atoms with van der Waals surface area (Å²) in [6.45, 7) is 8.42. The zero-order valence-corrected chi connectivity index (χ0v) is 27.0. The molecular weight excluding hydrogens is 578 g/mol. The Morgan fingerprint density at radius 2 is 1.71 bits per heavy atom. The van der Waals surface area contributed by atoms with Crippen LogP contribution >= 0.6 is 11.6 Å². The summed E-state index contributed by atoms with van der Waals surface area (Å²) in [6, 6.07) is 11.8. The van der Waals surface area contributed by atoms with Crippen LogP contribution in [0.25, 0.3) is 0 Å². The first kappa shape index (κ1) is 33.1. The summed E-state index contributed by atoms with van der Waals surface area (Å²) in [5.74, 6) is 0.574. The molecule has 2 aromatic carbocycles. The Morgan fingerprint density at radius 1 is 1.02 bits per heavy atom. The third-order valence-electron chi connectivity index (χ3n) is 6.27. The maximum absolute atomic E-state index is 13.4. The fraction of sp³-hybridized carbons (Fsp3) is 0.400. The minimum absolute atomic E-state index is 0.187. The van der Waals surface area contributed by atoms with Crippen LogP contribution in [-0.4, -0.2) is 76.7 Å². The van der Waals surface area contributed by atoms with E-state index in [0.29, 0.717) is 28.8 Å². The molecule has 0 unspecified atom stereocenters. The first-order chi connectivity index (χ1) is 19.6. The minimum atomic E-state index is -3.61. The number of methoxy groups -OCH3 is 1. The van der Waals surface area contributed by atoms with Crippen LogP contribution in [0, 0.1) is 0 Å². The van der Waals surface area contributed by atoms with E-state index < -0.39 is 15.9 Å². The number of anilines is 2. The summed E-state index contributed by atoms with van der Waals surface area (Å²) in [5.41, 5.74) is 2.12. The van der Waals surface area contributed by atoms with Crippen molar-refractivity contribution >= 4 is 38.9 Å². The molecule has 0 bridgehead atoms. The van der Waals surface area contributed by atoms with E-state index in [1.54, 1.807) is 42.6 Å². The summed E-state index contributed by atoms with van der Waals surface area (Å²) in [5, 5.41) is 3.19. The average molecular weight is 618 g/mol. The molecule has 42 heavy (non-hydrogen) atoms. The number of aromatic nitrogens is 1. The number of pyridine rings is 1. The van der Waals surface area contributed by atoms with E-state index in [2.05, 4.69) is 24.8 Å². The van der Waals surface area contributed by atoms with E-state index in [-0.39, 0.29) is 22.4 Å². The molecule has 0 saturated heterocycles. The van der Waals surface area contributed by atoms with E-state index in [4.69, 9.17) is 21.1 Å². The summed E-state index contributed by atoms with van der Waals surface area (Å²) in [6.07, 6.45) is 2.73. The lowest BCUT2D eigenvalue weighted by molar-refractivity contribution is 0.102. The summed E-state index contributed by atoms with van der Waals surface area (Å²) >= 11 is 6.44. The van der Waals surface area contributed by atoms with Gasteiger partial charge in [-0.05, 0) is 68.5 Å². The molecule has 0 fully saturated rings. The molecule has 3 rings (SSSR count). The van der Waals surface area contributed by atoms with Gasteiger partial charge in [-0.25, -0.2) is 8.42 Å². The van der Waals surface area contributed by atoms with Crippen molar-refractivity contribution in [3.8, 4) is 17.2 Å². The first-order valence-electron chi connectivity index (χ1n) is 13.3. The standard InChI is InChI=1S/C30H40ClN5O5S/c1-30(2,3)21-16-25(28(40-7)26(17-21)34-42(8,38)39)33-29(37)20-9-10-24(31)27(15-20)41-23-11-12-32-22(18-23)19-36(6)14-13-35(4)5/h9-12,15-18,34H,13-14,19H2,1-8H3,(H,33,37). The predicted molar refractivity (Wildman–Crippen MR) is 169 cm³/mol. The molecule has 1 heterocycles. The van der Waals surface area contributed by atoms with Crippen molar-refractivity contribution in [1.82, 2.24) is 14.8 Å². The quantitative estimate of drug-likeness (QED) is 0.276. The highest BCUT2D eigenvalue weighted by molar-refractivity contribution is 7.92. The fourth-order valence-electron chi connectivity index (χ4n) is 4.03. The molecule has 1 aromatic heterocycles. The van der Waals surface area contributed by atoms with Gasteiger partial charge < -0.3 is 19.7 Å². The molecule has 0 aliphatic rings. The number of hydrogen-bond donors (Lipinski definition) is 2. The maximum Gasteiger partial charge on any atom is 0.255 e. The van der Waals surface area contributed by atoms with Crippen LogP contribution in [0.5, 0.6) is 17.2 Å². The second-order valence-electron chi connectivity index (χ2n) is 11.5. The number of nitrogens with one attached hydrogen (secondary N) is 2. The van der Waals surface area contributed by atoms with Crippen LogP contribution in [0.3, 0.4) is 0 Å². The third kappa shape index (κ3) is 9.59. The number of rotatable bonds is 12. The molecule has 0 saturated carbocycles. The van der Waals surface area contributed by atoms with E-state index >= 15 is 0 Å². The number of likely N-dealkylation sites (N-methyl/N-ethyl adjacent to an activating group) is 2. The largest absolute Gasteiger partial charge is 0.492 e. The Morgan fingerprint density at radius 3 is 2.33 bits per heavy atom. The first-order valence-corrected chi connectivity index (χ1v) is 15.6. The van der Waals surface area contributed by atoms with Gasteiger partial charge in [0.15, 0.2) is 5.75 Å². The third-order valence-corrected chi connectivity index (χ3v) is 7.18. The predicted octanol–water partition coefficient (Wildman–Crippen LogP) is 5.45. The van der Waals surface area contributed by atoms with Crippen molar-refractivity contribution in [2.75, 3.05) is 57.6 Å². The number of sulfonamides is 1. The smallest absolute Gasteiger partial charge is 0.255 e. The van der Waals surface area contributed by atoms with Crippen LogP contribution < -0.4 is 19.5 Å². The second-order valence-corrected chi connectivity index (χ2v) is 13.6. The Hall–Kier alpha value is -3.38. The van der Waals surface area contributed by atoms with E-state index in [9.17, 15) is 13.2 Å². The summed E-state index contributed by atoms with van der Waals surface area (Å²) in [7, 11) is 3.90. The van der Waals surface area contributed by atoms with Gasteiger partial charge in [0.05, 0.1) is 35.5 Å². The molecule has 228 valence electrons. The lowest BCUT2D eigenvalue weighted by atomic mass is 9.86. The van der Waals surface area contributed by atoms with Gasteiger partial charge in [0.1, 0.15) is 11.5 Å². The number of hydrogen-bond acceptors (Lipinski definition) is 8. The fourth-order valence-corrected chi connectivity index (χ4v) is 4.73. The lowest BCUT2D eigenvalue weighted by Crippen LogP contribution is -2.28. The highest BCUT2D eigenvalue weighted by atomic mass is 35.5. The van der Waals surface area contributed by atoms with Gasteiger partial charge >= 0.3 is 0 Å². The van der Waals surface area contributed by atoms with Gasteiger partial charge in [-0.2, -0.15) is 0 Å². The average Bonchev–Trinajstić information content (AvgIpc) is 2.87. The van der Waals surface area contributed by atoms with Crippen molar-refractivity contribution in [2.24, 2.45) is 0 Å². The van der Waals surface area contributed by atoms with Gasteiger partial charge in [-0.1, -0.05) is 32.4 Å². The monoisotopic (exact) mass is 617 g/mol. The molecule has 0 radical (unpaired) electrons. The Balaban J connectivity index is 1.87. The van der Waals surface area contributed by atoms with Crippen LogP contribution in [0.2, 0.25) is 5.02 Å². The normalized spacial score (nSPS) is 12.0. The number of carbonyl (C=O) groups is 1. The van der Waals surface area contributed by atoms with E-state index in [1.165, 1.54) is 7.11 Å². The van der Waals surface area contributed by atoms with Crippen LogP contribution in [0.15, 0.2) is 48.7 Å². The zero-order valence-electron chi connectivity index (χ0n) is 25.4. The number of carbonyl (C=O) groups excluding carboxylic acids is 1. The zero-order chi connectivity index (χ0) is 31.2. The molecule has 0 atom stereocenters. The van der Waals surface area contributed by atoms with Gasteiger partial charge in [-0.3, -0.25) is 19.4 Å². The Labute approximate surface area is 254 Å². The van der Waals surface area contributed by atoms with Crippen molar-refractivity contribution in [3.63, 3.8) is 0 Å². The van der Waals surface area contributed by atoms with Crippen molar-refractivity contribution in [2.45, 2.75) is 32.7 Å². The molecular formula is C30H40ClN5O5S. The van der Waals surface area contributed by atoms with Crippen molar-refractivity contribution in [1.29, 1.82) is 0 Å². The number of nitrogens with zero attached hydrogens (tertiary/aromatic N) is 3. The molecule has 0 spiro atoms. The molecule has 2 N–H and O–H groups in total. The summed E-state index contributed by atoms with van der Waals surface area (Å²) in [4.78, 5) is 22.2. The Bertz CT molecular complexity index is 1520. The van der Waals surface area contributed by atoms with Crippen LogP contribution in [0.4, 0.5) is 11.4 Å². The van der Waals surface area contributed by atoms with Gasteiger partial charge in [0.2, 0.25) is 10.0 Å². The molecule has 1 amide bonds. The number of benzene rings is 2. The highest BCUT2D eigenvalue weighted by Crippen LogP contribution is 2.39. The van der Waals surface area contributed by atoms with Crippen molar-refractivity contribution in [3.05, 3.63) is 70.5 Å². The van der Waals surface area contributed by atoms with Crippen LogP contribution in [0.1, 0.15) is 42.4 Å². The van der Waals surface area contributed by atoms with E-state index in [0.717, 1.165) is 30.6 Å². The minimum Gasteiger partial charge on any atom is -0.492 e. The molecule has 0 aliphatic heterocycles. The van der Waals surface area contributed by atoms with Gasteiger partial charge in [0, 0.05) is 37.5 Å². The SMILES string of the molecule is COc1c(NC(=O)c2ccc(Cl)c(Oc3ccnc(CN(C)CCN(C)C)c3)c2)cc(C(C)(C)C)cc1NS(C)(=O)=O.